The molecule has 1 rings (SSSR count). The highest BCUT2D eigenvalue weighted by Crippen LogP contribution is 2.10. The molecular weight excluding hydrogens is 266 g/mol. The Labute approximate surface area is 114 Å². The molecule has 104 valence electrons. The van der Waals surface area contributed by atoms with E-state index < -0.39 is 16.8 Å². The molecule has 0 radical (unpaired) electrons. The Morgan fingerprint density at radius 2 is 1.89 bits per heavy atom. The monoisotopic (exact) mass is 283 g/mol. The van der Waals surface area contributed by atoms with Crippen molar-refractivity contribution < 1.29 is 18.5 Å². The third kappa shape index (κ3) is 5.65. The summed E-state index contributed by atoms with van der Waals surface area (Å²) in [5.41, 5.74) is 0.967. The second kappa shape index (κ2) is 7.68. The number of hydrogen-bond acceptors (Lipinski definition) is 4. The zero-order valence-electron chi connectivity index (χ0n) is 10.9. The quantitative estimate of drug-likeness (QED) is 0.783. The molecular formula is C13H17NO4S. The molecule has 0 aliphatic heterocycles. The average Bonchev–Trinajstić information content (AvgIpc) is 2.39. The molecule has 2 atom stereocenters. The molecule has 1 aromatic carbocycles. The van der Waals surface area contributed by atoms with E-state index in [-0.39, 0.29) is 23.5 Å². The molecule has 0 aromatic heterocycles. The van der Waals surface area contributed by atoms with Crippen LogP contribution in [0.1, 0.15) is 18.5 Å². The van der Waals surface area contributed by atoms with Crippen LogP contribution in [0.2, 0.25) is 0 Å². The first-order chi connectivity index (χ1) is 9.02. The van der Waals surface area contributed by atoms with Crippen LogP contribution in [0, 0.1) is 0 Å². The minimum Gasteiger partial charge on any atom is -0.468 e. The Balaban J connectivity index is 2.43. The van der Waals surface area contributed by atoms with Crippen molar-refractivity contribution in [2.75, 3.05) is 18.6 Å². The van der Waals surface area contributed by atoms with Crippen LogP contribution in [0.5, 0.6) is 0 Å². The third-order valence-corrected chi connectivity index (χ3v) is 3.62. The number of ether oxygens (including phenoxy) is 1. The molecule has 5 nitrogen and oxygen atoms in total. The van der Waals surface area contributed by atoms with E-state index in [1.54, 1.807) is 0 Å². The number of methoxy groups -OCH3 is 1. The van der Waals surface area contributed by atoms with Crippen LogP contribution in [0.15, 0.2) is 30.3 Å². The van der Waals surface area contributed by atoms with Gasteiger partial charge >= 0.3 is 5.97 Å². The van der Waals surface area contributed by atoms with Gasteiger partial charge in [0.2, 0.25) is 5.91 Å². The topological polar surface area (TPSA) is 72.5 Å². The van der Waals surface area contributed by atoms with E-state index in [0.717, 1.165) is 5.56 Å². The van der Waals surface area contributed by atoms with Gasteiger partial charge in [0, 0.05) is 10.8 Å². The molecule has 1 amide bonds. The van der Waals surface area contributed by atoms with Crippen molar-refractivity contribution in [3.8, 4) is 0 Å². The lowest BCUT2D eigenvalue weighted by Crippen LogP contribution is -2.32. The number of rotatable bonds is 6. The number of amides is 1. The summed E-state index contributed by atoms with van der Waals surface area (Å²) < 4.78 is 15.9. The van der Waals surface area contributed by atoms with Gasteiger partial charge < -0.3 is 10.1 Å². The SMILES string of the molecule is COC(=O)CS(=O)CC(=O)N[C@@H](C)c1ccccc1. The summed E-state index contributed by atoms with van der Waals surface area (Å²) in [6.45, 7) is 1.84. The minimum atomic E-state index is -1.54. The van der Waals surface area contributed by atoms with Crippen LogP contribution >= 0.6 is 0 Å². The summed E-state index contributed by atoms with van der Waals surface area (Å²) in [7, 11) is -0.320. The lowest BCUT2D eigenvalue weighted by atomic mass is 10.1. The molecule has 0 aliphatic rings. The molecule has 0 fully saturated rings. The predicted molar refractivity (Wildman–Crippen MR) is 72.9 cm³/mol. The van der Waals surface area contributed by atoms with Gasteiger partial charge in [-0.05, 0) is 12.5 Å². The fraction of sp³-hybridized carbons (Fsp3) is 0.385. The summed E-state index contributed by atoms with van der Waals surface area (Å²) >= 11 is 0. The highest BCUT2D eigenvalue weighted by Gasteiger charge is 2.14. The van der Waals surface area contributed by atoms with E-state index in [9.17, 15) is 13.8 Å². The fourth-order valence-corrected chi connectivity index (χ4v) is 2.35. The first-order valence-corrected chi connectivity index (χ1v) is 7.28. The van der Waals surface area contributed by atoms with Crippen molar-refractivity contribution in [1.29, 1.82) is 0 Å². The summed E-state index contributed by atoms with van der Waals surface area (Å²) in [6, 6.07) is 9.29. The minimum absolute atomic E-state index is 0.163. The average molecular weight is 283 g/mol. The lowest BCUT2D eigenvalue weighted by molar-refractivity contribution is -0.137. The molecule has 0 saturated heterocycles. The Kier molecular flexibility index (Phi) is 6.21. The molecule has 0 heterocycles. The maximum Gasteiger partial charge on any atom is 0.318 e. The van der Waals surface area contributed by atoms with E-state index in [0.29, 0.717) is 0 Å². The first-order valence-electron chi connectivity index (χ1n) is 5.79. The van der Waals surface area contributed by atoms with E-state index in [2.05, 4.69) is 10.1 Å². The molecule has 0 saturated carbocycles. The molecule has 19 heavy (non-hydrogen) atoms. The number of hydrogen-bond donors (Lipinski definition) is 1. The predicted octanol–water partition coefficient (Wildman–Crippen LogP) is 0.785. The molecule has 1 aromatic rings. The third-order valence-electron chi connectivity index (χ3n) is 2.48. The molecule has 0 spiro atoms. The van der Waals surface area contributed by atoms with E-state index >= 15 is 0 Å². The Bertz CT molecular complexity index is 461. The Hall–Kier alpha value is -1.69. The van der Waals surface area contributed by atoms with Crippen LogP contribution < -0.4 is 5.32 Å². The van der Waals surface area contributed by atoms with Crippen molar-refractivity contribution in [2.45, 2.75) is 13.0 Å². The molecule has 1 N–H and O–H groups in total. The smallest absolute Gasteiger partial charge is 0.318 e. The van der Waals surface area contributed by atoms with Crippen molar-refractivity contribution in [2.24, 2.45) is 0 Å². The summed E-state index contributed by atoms with van der Waals surface area (Å²) in [5.74, 6) is -1.39. The summed E-state index contributed by atoms with van der Waals surface area (Å²) in [6.07, 6.45) is 0. The second-order valence-electron chi connectivity index (χ2n) is 4.00. The van der Waals surface area contributed by atoms with E-state index in [4.69, 9.17) is 0 Å². The number of benzene rings is 1. The van der Waals surface area contributed by atoms with Crippen LogP contribution in [0.3, 0.4) is 0 Å². The maximum atomic E-state index is 11.7. The van der Waals surface area contributed by atoms with Crippen LogP contribution in [0.25, 0.3) is 0 Å². The van der Waals surface area contributed by atoms with Crippen LogP contribution in [-0.4, -0.2) is 34.7 Å². The zero-order valence-corrected chi connectivity index (χ0v) is 11.7. The van der Waals surface area contributed by atoms with E-state index in [1.165, 1.54) is 7.11 Å². The standard InChI is InChI=1S/C13H17NO4S/c1-10(11-6-4-3-5-7-11)14-12(15)8-19(17)9-13(16)18-2/h3-7,10H,8-9H2,1-2H3,(H,14,15)/t10-,19?/m0/s1. The fourth-order valence-electron chi connectivity index (χ4n) is 1.50. The van der Waals surface area contributed by atoms with E-state index in [1.807, 2.05) is 37.3 Å². The van der Waals surface area contributed by atoms with Crippen molar-refractivity contribution in [3.05, 3.63) is 35.9 Å². The van der Waals surface area contributed by atoms with Gasteiger partial charge in [0.15, 0.2) is 0 Å². The first kappa shape index (κ1) is 15.4. The van der Waals surface area contributed by atoms with Gasteiger partial charge in [-0.1, -0.05) is 30.3 Å². The summed E-state index contributed by atoms with van der Waals surface area (Å²) in [5, 5.41) is 2.73. The normalized spacial score (nSPS) is 13.4. The van der Waals surface area contributed by atoms with Crippen molar-refractivity contribution in [3.63, 3.8) is 0 Å². The number of carbonyl (C=O) groups is 2. The van der Waals surface area contributed by atoms with Crippen LogP contribution in [0.4, 0.5) is 0 Å². The van der Waals surface area contributed by atoms with Gasteiger partial charge in [-0.25, -0.2) is 0 Å². The highest BCUT2D eigenvalue weighted by molar-refractivity contribution is 7.86. The van der Waals surface area contributed by atoms with Gasteiger partial charge in [-0.2, -0.15) is 0 Å². The number of esters is 1. The molecule has 6 heteroatoms. The maximum absolute atomic E-state index is 11.7. The molecule has 0 bridgehead atoms. The number of carbonyl (C=O) groups excluding carboxylic acids is 2. The van der Waals surface area contributed by atoms with Gasteiger partial charge in [-0.3, -0.25) is 13.8 Å². The van der Waals surface area contributed by atoms with Gasteiger partial charge in [-0.15, -0.1) is 0 Å². The van der Waals surface area contributed by atoms with Gasteiger partial charge in [0.1, 0.15) is 11.5 Å². The van der Waals surface area contributed by atoms with Crippen LogP contribution in [-0.2, 0) is 25.1 Å². The number of nitrogens with one attached hydrogen (secondary N) is 1. The summed E-state index contributed by atoms with van der Waals surface area (Å²) in [4.78, 5) is 22.6. The molecule has 0 aliphatic carbocycles. The lowest BCUT2D eigenvalue weighted by Gasteiger charge is -2.13. The zero-order chi connectivity index (χ0) is 14.3. The Morgan fingerprint density at radius 3 is 2.47 bits per heavy atom. The van der Waals surface area contributed by atoms with Gasteiger partial charge in [0.25, 0.3) is 0 Å². The molecule has 1 unspecified atom stereocenters. The highest BCUT2D eigenvalue weighted by atomic mass is 32.2. The van der Waals surface area contributed by atoms with Crippen molar-refractivity contribution in [1.82, 2.24) is 5.32 Å². The van der Waals surface area contributed by atoms with Crippen molar-refractivity contribution >= 4 is 22.7 Å². The second-order valence-corrected chi connectivity index (χ2v) is 5.46. The largest absolute Gasteiger partial charge is 0.468 e. The Morgan fingerprint density at radius 1 is 1.26 bits per heavy atom. The van der Waals surface area contributed by atoms with Gasteiger partial charge in [0.05, 0.1) is 13.2 Å².